The Morgan fingerprint density at radius 3 is 2.81 bits per heavy atom. The lowest BCUT2D eigenvalue weighted by Crippen LogP contribution is -2.36. The van der Waals surface area contributed by atoms with Gasteiger partial charge in [0, 0.05) is 44.3 Å². The van der Waals surface area contributed by atoms with Gasteiger partial charge in [0.2, 0.25) is 5.91 Å². The summed E-state index contributed by atoms with van der Waals surface area (Å²) in [5.74, 6) is 0.744. The van der Waals surface area contributed by atoms with E-state index in [0.29, 0.717) is 5.92 Å². The number of hydrogen-bond acceptors (Lipinski definition) is 2. The van der Waals surface area contributed by atoms with Gasteiger partial charge in [0.25, 0.3) is 0 Å². The minimum atomic E-state index is 0.198. The molecule has 0 aliphatic carbocycles. The molecular formula is C17H23N3O. The van der Waals surface area contributed by atoms with Crippen molar-refractivity contribution in [2.45, 2.75) is 45.6 Å². The van der Waals surface area contributed by atoms with Gasteiger partial charge in [-0.1, -0.05) is 6.92 Å². The first-order valence-corrected chi connectivity index (χ1v) is 7.90. The molecule has 3 rings (SSSR count). The fraction of sp³-hybridized carbons (Fsp3) is 0.529. The summed E-state index contributed by atoms with van der Waals surface area (Å²) >= 11 is 0. The molecule has 1 amide bonds. The lowest BCUT2D eigenvalue weighted by molar-refractivity contribution is -0.129. The highest BCUT2D eigenvalue weighted by Gasteiger charge is 2.24. The Bertz CT molecular complexity index is 639. The summed E-state index contributed by atoms with van der Waals surface area (Å²) in [5, 5.41) is 1.28. The Labute approximate surface area is 125 Å². The second-order valence-electron chi connectivity index (χ2n) is 5.93. The maximum absolute atomic E-state index is 11.5. The van der Waals surface area contributed by atoms with Crippen LogP contribution in [0, 0.1) is 0 Å². The molecule has 0 bridgehead atoms. The summed E-state index contributed by atoms with van der Waals surface area (Å²) in [6.45, 7) is 6.62. The molecule has 0 aromatic carbocycles. The number of aryl methyl sites for hydroxylation is 1. The number of rotatable bonds is 3. The predicted octanol–water partition coefficient (Wildman–Crippen LogP) is 3.17. The minimum Gasteiger partial charge on any atom is -0.343 e. The lowest BCUT2D eigenvalue weighted by atomic mass is 9.89. The standard InChI is InChI=1S/C17H23N3O/c1-3-9-20-12-16(15-5-4-8-18-17(15)20)14-6-10-19(11-7-14)13(2)21/h4-5,8,12,14H,3,6-7,9-11H2,1-2H3. The van der Waals surface area contributed by atoms with Crippen LogP contribution >= 0.6 is 0 Å². The number of carbonyl (C=O) groups excluding carboxylic acids is 1. The number of hydrogen-bond donors (Lipinski definition) is 0. The lowest BCUT2D eigenvalue weighted by Gasteiger charge is -2.31. The monoisotopic (exact) mass is 285 g/mol. The number of likely N-dealkylation sites (tertiary alicyclic amines) is 1. The van der Waals surface area contributed by atoms with Crippen molar-refractivity contribution in [3.05, 3.63) is 30.1 Å². The van der Waals surface area contributed by atoms with E-state index in [1.54, 1.807) is 6.92 Å². The minimum absolute atomic E-state index is 0.198. The molecule has 0 radical (unpaired) electrons. The zero-order valence-corrected chi connectivity index (χ0v) is 12.9. The number of nitrogens with zero attached hydrogens (tertiary/aromatic N) is 3. The first-order chi connectivity index (χ1) is 10.2. The van der Waals surface area contributed by atoms with E-state index in [0.717, 1.165) is 44.5 Å². The van der Waals surface area contributed by atoms with Crippen LogP contribution in [0.15, 0.2) is 24.5 Å². The van der Waals surface area contributed by atoms with Crippen molar-refractivity contribution in [3.63, 3.8) is 0 Å². The smallest absolute Gasteiger partial charge is 0.219 e. The average Bonchev–Trinajstić information content (AvgIpc) is 2.87. The molecule has 0 spiro atoms. The van der Waals surface area contributed by atoms with Gasteiger partial charge < -0.3 is 9.47 Å². The van der Waals surface area contributed by atoms with Crippen molar-refractivity contribution in [2.24, 2.45) is 0 Å². The van der Waals surface area contributed by atoms with Gasteiger partial charge in [0.15, 0.2) is 0 Å². The second-order valence-corrected chi connectivity index (χ2v) is 5.93. The highest BCUT2D eigenvalue weighted by molar-refractivity contribution is 5.81. The maximum Gasteiger partial charge on any atom is 0.219 e. The van der Waals surface area contributed by atoms with Gasteiger partial charge in [-0.25, -0.2) is 4.98 Å². The summed E-state index contributed by atoms with van der Waals surface area (Å²) in [5.41, 5.74) is 2.51. The molecule has 3 heterocycles. The first kappa shape index (κ1) is 14.1. The molecule has 21 heavy (non-hydrogen) atoms. The maximum atomic E-state index is 11.5. The third-order valence-electron chi connectivity index (χ3n) is 4.51. The predicted molar refractivity (Wildman–Crippen MR) is 84.3 cm³/mol. The fourth-order valence-corrected chi connectivity index (χ4v) is 3.39. The van der Waals surface area contributed by atoms with Crippen molar-refractivity contribution in [1.82, 2.24) is 14.5 Å². The number of carbonyl (C=O) groups is 1. The van der Waals surface area contributed by atoms with E-state index in [-0.39, 0.29) is 5.91 Å². The van der Waals surface area contributed by atoms with Crippen LogP contribution in [0.5, 0.6) is 0 Å². The van der Waals surface area contributed by atoms with Crippen LogP contribution in [0.25, 0.3) is 11.0 Å². The topological polar surface area (TPSA) is 38.1 Å². The molecule has 0 N–H and O–H groups in total. The Kier molecular flexibility index (Phi) is 3.95. The third kappa shape index (κ3) is 2.67. The molecule has 0 unspecified atom stereocenters. The number of pyridine rings is 1. The van der Waals surface area contributed by atoms with E-state index in [2.05, 4.69) is 28.7 Å². The van der Waals surface area contributed by atoms with Crippen LogP contribution < -0.4 is 0 Å². The zero-order valence-electron chi connectivity index (χ0n) is 12.9. The summed E-state index contributed by atoms with van der Waals surface area (Å²) < 4.78 is 2.28. The molecule has 4 heteroatoms. The van der Waals surface area contributed by atoms with Crippen molar-refractivity contribution >= 4 is 16.9 Å². The van der Waals surface area contributed by atoms with Crippen LogP contribution in [0.3, 0.4) is 0 Å². The van der Waals surface area contributed by atoms with E-state index < -0.39 is 0 Å². The van der Waals surface area contributed by atoms with E-state index in [1.807, 2.05) is 17.2 Å². The highest BCUT2D eigenvalue weighted by atomic mass is 16.2. The SMILES string of the molecule is CCCn1cc(C2CCN(C(C)=O)CC2)c2cccnc21. The molecule has 0 atom stereocenters. The summed E-state index contributed by atoms with van der Waals surface area (Å²) in [6.07, 6.45) is 7.38. The van der Waals surface area contributed by atoms with Crippen LogP contribution in [0.4, 0.5) is 0 Å². The van der Waals surface area contributed by atoms with E-state index in [1.165, 1.54) is 10.9 Å². The molecule has 1 aliphatic heterocycles. The molecule has 2 aromatic heterocycles. The van der Waals surface area contributed by atoms with E-state index >= 15 is 0 Å². The van der Waals surface area contributed by atoms with Crippen LogP contribution in [0.1, 0.15) is 44.6 Å². The summed E-state index contributed by atoms with van der Waals surface area (Å²) in [7, 11) is 0. The second kappa shape index (κ2) is 5.88. The van der Waals surface area contributed by atoms with Gasteiger partial charge in [-0.3, -0.25) is 4.79 Å². The molecular weight excluding hydrogens is 262 g/mol. The van der Waals surface area contributed by atoms with Gasteiger partial charge in [-0.05, 0) is 42.9 Å². The normalized spacial score (nSPS) is 16.6. The van der Waals surface area contributed by atoms with Gasteiger partial charge in [0.05, 0.1) is 0 Å². The van der Waals surface area contributed by atoms with E-state index in [9.17, 15) is 4.79 Å². The molecule has 1 fully saturated rings. The Morgan fingerprint density at radius 2 is 2.14 bits per heavy atom. The summed E-state index contributed by atoms with van der Waals surface area (Å²) in [4.78, 5) is 18.0. The quantitative estimate of drug-likeness (QED) is 0.868. The van der Waals surface area contributed by atoms with Gasteiger partial charge >= 0.3 is 0 Å². The summed E-state index contributed by atoms with van der Waals surface area (Å²) in [6, 6.07) is 4.20. The number of amides is 1. The van der Waals surface area contributed by atoms with Crippen molar-refractivity contribution in [2.75, 3.05) is 13.1 Å². The van der Waals surface area contributed by atoms with Crippen LogP contribution in [-0.4, -0.2) is 33.4 Å². The first-order valence-electron chi connectivity index (χ1n) is 7.90. The number of piperidine rings is 1. The zero-order chi connectivity index (χ0) is 14.8. The number of fused-ring (bicyclic) bond motifs is 1. The molecule has 4 nitrogen and oxygen atoms in total. The van der Waals surface area contributed by atoms with Gasteiger partial charge in [0.1, 0.15) is 5.65 Å². The van der Waals surface area contributed by atoms with Crippen LogP contribution in [0.2, 0.25) is 0 Å². The van der Waals surface area contributed by atoms with Crippen molar-refractivity contribution in [1.29, 1.82) is 0 Å². The molecule has 1 aliphatic rings. The van der Waals surface area contributed by atoms with Crippen LogP contribution in [-0.2, 0) is 11.3 Å². The van der Waals surface area contributed by atoms with Gasteiger partial charge in [-0.15, -0.1) is 0 Å². The van der Waals surface area contributed by atoms with Crippen molar-refractivity contribution < 1.29 is 4.79 Å². The third-order valence-corrected chi connectivity index (χ3v) is 4.51. The number of aromatic nitrogens is 2. The Balaban J connectivity index is 1.89. The van der Waals surface area contributed by atoms with Gasteiger partial charge in [-0.2, -0.15) is 0 Å². The Morgan fingerprint density at radius 1 is 1.38 bits per heavy atom. The van der Waals surface area contributed by atoms with E-state index in [4.69, 9.17) is 0 Å². The molecule has 1 saturated heterocycles. The fourth-order valence-electron chi connectivity index (χ4n) is 3.39. The molecule has 112 valence electrons. The van der Waals surface area contributed by atoms with Crippen molar-refractivity contribution in [3.8, 4) is 0 Å². The molecule has 2 aromatic rings. The average molecular weight is 285 g/mol. The highest BCUT2D eigenvalue weighted by Crippen LogP contribution is 2.33. The molecule has 0 saturated carbocycles. The largest absolute Gasteiger partial charge is 0.343 e. The Hall–Kier alpha value is -1.84.